The highest BCUT2D eigenvalue weighted by atomic mass is 79.9. The number of rotatable bonds is 11. The van der Waals surface area contributed by atoms with E-state index in [9.17, 15) is 9.59 Å². The Labute approximate surface area is 207 Å². The van der Waals surface area contributed by atoms with Crippen LogP contribution in [-0.2, 0) is 16.0 Å². The third kappa shape index (κ3) is 6.34. The first kappa shape index (κ1) is 25.2. The third-order valence-electron chi connectivity index (χ3n) is 5.25. The number of ether oxygens (including phenoxy) is 2. The summed E-state index contributed by atoms with van der Waals surface area (Å²) in [5.74, 6) is 0.00955. The Morgan fingerprint density at radius 1 is 1.06 bits per heavy atom. The molecule has 1 amide bonds. The van der Waals surface area contributed by atoms with E-state index in [1.807, 2.05) is 42.5 Å². The summed E-state index contributed by atoms with van der Waals surface area (Å²) in [6.07, 6.45) is 0.217. The van der Waals surface area contributed by atoms with E-state index < -0.39 is 5.97 Å². The Kier molecular flexibility index (Phi) is 9.29. The number of esters is 1. The number of anilines is 1. The largest absolute Gasteiger partial charge is 0.490 e. The van der Waals surface area contributed by atoms with Gasteiger partial charge in [0.1, 0.15) is 17.2 Å². The second-order valence-electron chi connectivity index (χ2n) is 7.37. The van der Waals surface area contributed by atoms with Crippen LogP contribution in [0.5, 0.6) is 5.75 Å². The quantitative estimate of drug-likeness (QED) is 0.319. The zero-order valence-electron chi connectivity index (χ0n) is 19.2. The van der Waals surface area contributed by atoms with Crippen LogP contribution in [0, 0.1) is 0 Å². The molecule has 0 radical (unpaired) electrons. The van der Waals surface area contributed by atoms with Crippen molar-refractivity contribution in [3.63, 3.8) is 0 Å². The Hall–Kier alpha value is -2.42. The van der Waals surface area contributed by atoms with Gasteiger partial charge in [-0.15, -0.1) is 11.3 Å². The summed E-state index contributed by atoms with van der Waals surface area (Å²) < 4.78 is 13.0. The first-order chi connectivity index (χ1) is 16.0. The van der Waals surface area contributed by atoms with Gasteiger partial charge in [0, 0.05) is 11.9 Å². The standard InChI is InChI=1S/C25H29BrN2O4S/c1-4-28(5-2)14-15-32-22-19(26)13-12-18-21(25(30)31-6-3)24(33-23(18)22)27-20(29)16-17-10-8-7-9-11-17/h7-13H,4-6,14-16H2,1-3H3,(H,27,29). The lowest BCUT2D eigenvalue weighted by Gasteiger charge is -2.18. The smallest absolute Gasteiger partial charge is 0.341 e. The maximum atomic E-state index is 12.8. The van der Waals surface area contributed by atoms with Gasteiger partial charge in [-0.05, 0) is 47.6 Å². The van der Waals surface area contributed by atoms with Gasteiger partial charge in [0.2, 0.25) is 5.91 Å². The minimum absolute atomic E-state index is 0.193. The molecule has 0 saturated heterocycles. The van der Waals surface area contributed by atoms with Gasteiger partial charge in [0.25, 0.3) is 0 Å². The van der Waals surface area contributed by atoms with Crippen molar-refractivity contribution < 1.29 is 19.1 Å². The van der Waals surface area contributed by atoms with Crippen LogP contribution in [0.15, 0.2) is 46.9 Å². The number of nitrogens with zero attached hydrogens (tertiary/aromatic N) is 1. The number of fused-ring (bicyclic) bond motifs is 1. The lowest BCUT2D eigenvalue weighted by atomic mass is 10.1. The number of nitrogens with one attached hydrogen (secondary N) is 1. The molecule has 0 aliphatic rings. The first-order valence-corrected chi connectivity index (χ1v) is 12.7. The van der Waals surface area contributed by atoms with Gasteiger partial charge >= 0.3 is 5.97 Å². The van der Waals surface area contributed by atoms with Gasteiger partial charge in [0.15, 0.2) is 5.75 Å². The molecule has 6 nitrogen and oxygen atoms in total. The number of benzene rings is 2. The van der Waals surface area contributed by atoms with Gasteiger partial charge in [-0.3, -0.25) is 4.79 Å². The molecular formula is C25H29BrN2O4S. The van der Waals surface area contributed by atoms with Crippen molar-refractivity contribution in [2.75, 3.05) is 38.2 Å². The molecule has 176 valence electrons. The normalized spacial score (nSPS) is 11.1. The molecule has 0 spiro atoms. The molecule has 0 aliphatic carbocycles. The molecule has 33 heavy (non-hydrogen) atoms. The van der Waals surface area contributed by atoms with Crippen molar-refractivity contribution in [1.82, 2.24) is 4.90 Å². The molecule has 1 aromatic heterocycles. The Bertz CT molecular complexity index is 1100. The maximum absolute atomic E-state index is 12.8. The number of likely N-dealkylation sites (N-methyl/N-ethyl adjacent to an activating group) is 1. The molecule has 0 aliphatic heterocycles. The van der Waals surface area contributed by atoms with Crippen molar-refractivity contribution in [2.24, 2.45) is 0 Å². The van der Waals surface area contributed by atoms with E-state index in [1.54, 1.807) is 6.92 Å². The van der Waals surface area contributed by atoms with E-state index >= 15 is 0 Å². The molecule has 0 saturated carbocycles. The van der Waals surface area contributed by atoms with Crippen LogP contribution in [0.25, 0.3) is 10.1 Å². The molecule has 0 fully saturated rings. The SMILES string of the molecule is CCOC(=O)c1c(NC(=O)Cc2ccccc2)sc2c(OCCN(CC)CC)c(Br)ccc12. The van der Waals surface area contributed by atoms with Gasteiger partial charge < -0.3 is 19.7 Å². The van der Waals surface area contributed by atoms with Gasteiger partial charge in [0.05, 0.1) is 22.2 Å². The Morgan fingerprint density at radius 3 is 2.45 bits per heavy atom. The second kappa shape index (κ2) is 12.2. The van der Waals surface area contributed by atoms with Crippen LogP contribution >= 0.6 is 27.3 Å². The van der Waals surface area contributed by atoms with Crippen molar-refractivity contribution in [3.8, 4) is 5.75 Å². The van der Waals surface area contributed by atoms with Crippen molar-refractivity contribution in [3.05, 3.63) is 58.1 Å². The second-order valence-corrected chi connectivity index (χ2v) is 9.24. The molecule has 0 unspecified atom stereocenters. The summed E-state index contributed by atoms with van der Waals surface area (Å²) >= 11 is 4.91. The predicted octanol–water partition coefficient (Wildman–Crippen LogP) is 5.74. The third-order valence-corrected chi connectivity index (χ3v) is 7.00. The number of hydrogen-bond donors (Lipinski definition) is 1. The van der Waals surface area contributed by atoms with Crippen molar-refractivity contribution >= 4 is 54.2 Å². The van der Waals surface area contributed by atoms with Gasteiger partial charge in [-0.25, -0.2) is 4.79 Å². The van der Waals surface area contributed by atoms with E-state index in [4.69, 9.17) is 9.47 Å². The lowest BCUT2D eigenvalue weighted by Crippen LogP contribution is -2.27. The van der Waals surface area contributed by atoms with E-state index in [1.165, 1.54) is 11.3 Å². The van der Waals surface area contributed by atoms with E-state index in [2.05, 4.69) is 40.0 Å². The Morgan fingerprint density at radius 2 is 1.79 bits per heavy atom. The topological polar surface area (TPSA) is 67.9 Å². The molecule has 3 rings (SSSR count). The molecule has 1 heterocycles. The minimum atomic E-state index is -0.463. The molecule has 0 bridgehead atoms. The van der Waals surface area contributed by atoms with E-state index in [-0.39, 0.29) is 18.9 Å². The monoisotopic (exact) mass is 532 g/mol. The molecule has 2 aromatic carbocycles. The summed E-state index contributed by atoms with van der Waals surface area (Å²) in [6, 6.07) is 13.2. The van der Waals surface area contributed by atoms with Gasteiger partial charge in [-0.1, -0.05) is 50.2 Å². The number of carbonyl (C=O) groups excluding carboxylic acids is 2. The summed E-state index contributed by atoms with van der Waals surface area (Å²) in [7, 11) is 0. The highest BCUT2D eigenvalue weighted by molar-refractivity contribution is 9.10. The zero-order chi connectivity index (χ0) is 23.8. The molecule has 0 atom stereocenters. The average Bonchev–Trinajstić information content (AvgIpc) is 3.16. The fourth-order valence-corrected chi connectivity index (χ4v) is 5.29. The first-order valence-electron chi connectivity index (χ1n) is 11.1. The van der Waals surface area contributed by atoms with E-state index in [0.717, 1.165) is 34.4 Å². The molecule has 3 aromatic rings. The van der Waals surface area contributed by atoms with Crippen molar-refractivity contribution in [1.29, 1.82) is 0 Å². The number of halogens is 1. The fourth-order valence-electron chi connectivity index (χ4n) is 3.51. The summed E-state index contributed by atoms with van der Waals surface area (Å²) in [4.78, 5) is 27.9. The zero-order valence-corrected chi connectivity index (χ0v) is 21.6. The molecular weight excluding hydrogens is 504 g/mol. The summed E-state index contributed by atoms with van der Waals surface area (Å²) in [5, 5.41) is 4.10. The van der Waals surface area contributed by atoms with Crippen LogP contribution in [0.3, 0.4) is 0 Å². The number of amides is 1. The number of hydrogen-bond acceptors (Lipinski definition) is 6. The maximum Gasteiger partial charge on any atom is 0.341 e. The minimum Gasteiger partial charge on any atom is -0.490 e. The lowest BCUT2D eigenvalue weighted by molar-refractivity contribution is -0.115. The Balaban J connectivity index is 1.93. The molecule has 1 N–H and O–H groups in total. The van der Waals surface area contributed by atoms with Crippen LogP contribution in [-0.4, -0.2) is 49.6 Å². The van der Waals surface area contributed by atoms with E-state index in [0.29, 0.717) is 28.3 Å². The summed E-state index contributed by atoms with van der Waals surface area (Å²) in [5.41, 5.74) is 1.26. The number of carbonyl (C=O) groups is 2. The van der Waals surface area contributed by atoms with Gasteiger partial charge in [-0.2, -0.15) is 0 Å². The fraction of sp³-hybridized carbons (Fsp3) is 0.360. The highest BCUT2D eigenvalue weighted by Gasteiger charge is 2.25. The number of thiophene rings is 1. The molecule has 8 heteroatoms. The van der Waals surface area contributed by atoms with Crippen LogP contribution in [0.1, 0.15) is 36.7 Å². The highest BCUT2D eigenvalue weighted by Crippen LogP contribution is 2.44. The van der Waals surface area contributed by atoms with Crippen molar-refractivity contribution in [2.45, 2.75) is 27.2 Å². The average molecular weight is 533 g/mol. The van der Waals surface area contributed by atoms with Crippen LogP contribution in [0.2, 0.25) is 0 Å². The van der Waals surface area contributed by atoms with Crippen LogP contribution in [0.4, 0.5) is 5.00 Å². The summed E-state index contributed by atoms with van der Waals surface area (Å²) in [6.45, 7) is 9.47. The predicted molar refractivity (Wildman–Crippen MR) is 138 cm³/mol. The van der Waals surface area contributed by atoms with Crippen LogP contribution < -0.4 is 10.1 Å².